The summed E-state index contributed by atoms with van der Waals surface area (Å²) in [7, 11) is 0. The first-order valence-electron chi connectivity index (χ1n) is 11.7. The van der Waals surface area contributed by atoms with Crippen LogP contribution in [0.25, 0.3) is 0 Å². The van der Waals surface area contributed by atoms with E-state index < -0.39 is 35.3 Å². The number of rotatable bonds is 0. The summed E-state index contributed by atoms with van der Waals surface area (Å²) < 4.78 is 52.6. The van der Waals surface area contributed by atoms with Crippen LogP contribution in [0.5, 0.6) is 5.75 Å². The van der Waals surface area contributed by atoms with Gasteiger partial charge in [0.15, 0.2) is 11.4 Å². The predicted molar refractivity (Wildman–Crippen MR) is 131 cm³/mol. The van der Waals surface area contributed by atoms with Crippen molar-refractivity contribution in [1.29, 1.82) is 0 Å². The molecule has 0 radical (unpaired) electrons. The zero-order valence-corrected chi connectivity index (χ0v) is 20.3. The molecule has 37 heavy (non-hydrogen) atoms. The van der Waals surface area contributed by atoms with E-state index in [4.69, 9.17) is 0 Å². The normalized spacial score (nSPS) is 20.2. The zero-order valence-electron chi connectivity index (χ0n) is 19.5. The molecular weight excluding hydrogens is 510 g/mol. The number of aromatic hydroxyl groups is 1. The van der Waals surface area contributed by atoms with E-state index in [1.54, 1.807) is 23.9 Å². The summed E-state index contributed by atoms with van der Waals surface area (Å²) in [5.74, 6) is -2.09. The van der Waals surface area contributed by atoms with Gasteiger partial charge in [0.25, 0.3) is 5.91 Å². The molecule has 1 amide bonds. The lowest BCUT2D eigenvalue weighted by molar-refractivity contribution is -0.187. The van der Waals surface area contributed by atoms with E-state index in [2.05, 4.69) is 29.7 Å². The first-order valence-corrected chi connectivity index (χ1v) is 12.7. The van der Waals surface area contributed by atoms with Gasteiger partial charge in [0.2, 0.25) is 5.43 Å². The average Bonchev–Trinajstić information content (AvgIpc) is 3.05. The highest BCUT2D eigenvalue weighted by Gasteiger charge is 2.47. The monoisotopic (exact) mass is 533 g/mol. The molecule has 11 heteroatoms. The van der Waals surface area contributed by atoms with Gasteiger partial charge >= 0.3 is 6.18 Å². The van der Waals surface area contributed by atoms with Crippen molar-refractivity contribution in [2.24, 2.45) is 5.92 Å². The largest absolute Gasteiger partial charge is 0.502 e. The Morgan fingerprint density at radius 1 is 1.03 bits per heavy atom. The van der Waals surface area contributed by atoms with E-state index in [1.807, 2.05) is 6.07 Å². The second-order valence-corrected chi connectivity index (χ2v) is 10.2. The van der Waals surface area contributed by atoms with Crippen LogP contribution in [-0.2, 0) is 12.2 Å². The van der Waals surface area contributed by atoms with Gasteiger partial charge in [-0.05, 0) is 54.2 Å². The first kappa shape index (κ1) is 25.2. The van der Waals surface area contributed by atoms with E-state index in [1.165, 1.54) is 27.1 Å². The molecule has 6 rings (SSSR count). The summed E-state index contributed by atoms with van der Waals surface area (Å²) in [6.45, 7) is -0.0802. The summed E-state index contributed by atoms with van der Waals surface area (Å²) in [5.41, 5.74) is 5.49. The molecule has 2 N–H and O–H groups in total. The SMILES string of the molecule is Fc1ccc2c(c1)CSc1ccccc1C2.O=C1c2c(O)c(=O)ccn2N[C@@H]2C[C@H](C(F)(F)F)CCN12. The first-order chi connectivity index (χ1) is 17.6. The van der Waals surface area contributed by atoms with Gasteiger partial charge in [0.1, 0.15) is 12.0 Å². The number of nitrogens with one attached hydrogen (secondary N) is 1. The third-order valence-corrected chi connectivity index (χ3v) is 7.96. The summed E-state index contributed by atoms with van der Waals surface area (Å²) in [5, 5.41) is 9.68. The molecule has 194 valence electrons. The minimum atomic E-state index is -4.30. The lowest BCUT2D eigenvalue weighted by Gasteiger charge is -2.44. The van der Waals surface area contributed by atoms with Gasteiger partial charge in [0, 0.05) is 29.5 Å². The lowest BCUT2D eigenvalue weighted by atomic mass is 9.93. The molecule has 4 heterocycles. The summed E-state index contributed by atoms with van der Waals surface area (Å²) in [6.07, 6.45) is -3.43. The molecule has 1 fully saturated rings. The van der Waals surface area contributed by atoms with Gasteiger partial charge in [0.05, 0.1) is 5.92 Å². The van der Waals surface area contributed by atoms with Crippen LogP contribution in [0.1, 0.15) is 40.0 Å². The molecule has 0 aliphatic carbocycles. The van der Waals surface area contributed by atoms with Crippen molar-refractivity contribution in [3.05, 3.63) is 93.2 Å². The van der Waals surface area contributed by atoms with Crippen LogP contribution < -0.4 is 10.9 Å². The number of hydrogen-bond donors (Lipinski definition) is 2. The quantitative estimate of drug-likeness (QED) is 0.404. The van der Waals surface area contributed by atoms with Gasteiger partial charge in [-0.3, -0.25) is 14.3 Å². The van der Waals surface area contributed by atoms with E-state index in [0.29, 0.717) is 0 Å². The Kier molecular flexibility index (Phi) is 6.65. The number of fused-ring (bicyclic) bond motifs is 4. The van der Waals surface area contributed by atoms with Gasteiger partial charge in [-0.1, -0.05) is 24.3 Å². The topological polar surface area (TPSA) is 74.6 Å². The van der Waals surface area contributed by atoms with Gasteiger partial charge < -0.3 is 15.4 Å². The summed E-state index contributed by atoms with van der Waals surface area (Å²) in [4.78, 5) is 26.2. The minimum Gasteiger partial charge on any atom is -0.502 e. The van der Waals surface area contributed by atoms with E-state index in [-0.39, 0.29) is 30.9 Å². The van der Waals surface area contributed by atoms with Crippen molar-refractivity contribution < 1.29 is 27.5 Å². The Morgan fingerprint density at radius 3 is 2.59 bits per heavy atom. The smallest absolute Gasteiger partial charge is 0.392 e. The maximum absolute atomic E-state index is 13.1. The van der Waals surface area contributed by atoms with Crippen molar-refractivity contribution in [3.63, 3.8) is 0 Å². The van der Waals surface area contributed by atoms with Crippen LogP contribution in [-0.4, -0.2) is 39.5 Å². The lowest BCUT2D eigenvalue weighted by Crippen LogP contribution is -2.58. The number of aromatic nitrogens is 1. The number of benzene rings is 2. The Labute approximate surface area is 213 Å². The molecule has 0 unspecified atom stereocenters. The molecule has 2 atom stereocenters. The number of carbonyl (C=O) groups excluding carboxylic acids is 1. The molecule has 3 aromatic rings. The Bertz CT molecular complexity index is 1410. The third-order valence-electron chi connectivity index (χ3n) is 6.80. The van der Waals surface area contributed by atoms with Crippen molar-refractivity contribution in [2.75, 3.05) is 12.0 Å². The molecular formula is C26H23F4N3O3S. The van der Waals surface area contributed by atoms with Crippen LogP contribution >= 0.6 is 11.8 Å². The van der Waals surface area contributed by atoms with Crippen molar-refractivity contribution in [3.8, 4) is 5.75 Å². The Morgan fingerprint density at radius 2 is 1.81 bits per heavy atom. The highest BCUT2D eigenvalue weighted by Crippen LogP contribution is 2.38. The fourth-order valence-electron chi connectivity index (χ4n) is 4.82. The van der Waals surface area contributed by atoms with Gasteiger partial charge in [-0.2, -0.15) is 13.2 Å². The zero-order chi connectivity index (χ0) is 26.3. The average molecular weight is 534 g/mol. The Balaban J connectivity index is 0.000000157. The van der Waals surface area contributed by atoms with Crippen molar-refractivity contribution in [2.45, 2.75) is 42.3 Å². The van der Waals surface area contributed by atoms with Crippen LogP contribution in [0.3, 0.4) is 0 Å². The molecule has 1 aromatic heterocycles. The second kappa shape index (κ2) is 9.77. The van der Waals surface area contributed by atoms with Crippen molar-refractivity contribution >= 4 is 17.7 Å². The molecule has 3 aliphatic heterocycles. The van der Waals surface area contributed by atoms with E-state index >= 15 is 0 Å². The molecule has 1 saturated heterocycles. The number of thioether (sulfide) groups is 1. The third kappa shape index (κ3) is 5.04. The number of amides is 1. The molecule has 0 spiro atoms. The fraction of sp³-hybridized carbons (Fsp3) is 0.308. The highest BCUT2D eigenvalue weighted by molar-refractivity contribution is 7.98. The number of halogens is 4. The van der Waals surface area contributed by atoms with Crippen LogP contribution in [0.4, 0.5) is 17.6 Å². The van der Waals surface area contributed by atoms with Crippen LogP contribution in [0, 0.1) is 11.7 Å². The van der Waals surface area contributed by atoms with Crippen molar-refractivity contribution in [1.82, 2.24) is 9.58 Å². The number of pyridine rings is 1. The summed E-state index contributed by atoms with van der Waals surface area (Å²) in [6, 6.07) is 14.6. The molecule has 2 aromatic carbocycles. The molecule has 3 aliphatic rings. The van der Waals surface area contributed by atoms with Crippen LogP contribution in [0.2, 0.25) is 0 Å². The maximum atomic E-state index is 13.1. The Hall–Kier alpha value is -3.47. The predicted octanol–water partition coefficient (Wildman–Crippen LogP) is 4.87. The fourth-order valence-corrected chi connectivity index (χ4v) is 5.90. The number of hydrogen-bond acceptors (Lipinski definition) is 5. The summed E-state index contributed by atoms with van der Waals surface area (Å²) >= 11 is 1.79. The minimum absolute atomic E-state index is 0.0802. The van der Waals surface area contributed by atoms with E-state index in [0.717, 1.165) is 28.5 Å². The van der Waals surface area contributed by atoms with Gasteiger partial charge in [-0.15, -0.1) is 11.8 Å². The number of alkyl halides is 3. The molecule has 0 bridgehead atoms. The van der Waals surface area contributed by atoms with E-state index in [9.17, 15) is 32.3 Å². The number of nitrogens with zero attached hydrogens (tertiary/aromatic N) is 2. The highest BCUT2D eigenvalue weighted by atomic mass is 32.2. The molecule has 6 nitrogen and oxygen atoms in total. The van der Waals surface area contributed by atoms with Crippen LogP contribution in [0.15, 0.2) is 64.4 Å². The van der Waals surface area contributed by atoms with Gasteiger partial charge in [-0.25, -0.2) is 4.39 Å². The maximum Gasteiger partial charge on any atom is 0.392 e. The molecule has 0 saturated carbocycles. The standard InChI is InChI=1S/C14H11FS.C12H12F3N3O3/c15-13-6-5-10-7-11-3-1-2-4-14(11)16-9-12(10)8-13;13-12(14,15)6-1-3-17-8(5-6)16-18-4-2-7(19)10(20)9(18)11(17)21/h1-6,8H,7,9H2;2,4,6,8,16,20H,1,3,5H2/t;6-,8+/m.1/s1. The number of piperidine rings is 1. The second-order valence-electron chi connectivity index (χ2n) is 9.14. The number of carbonyl (C=O) groups is 1.